The number of rotatable bonds is 7. The molecule has 3 rings (SSSR count). The summed E-state index contributed by atoms with van der Waals surface area (Å²) in [6.07, 6.45) is 7.34. The first-order valence-corrected chi connectivity index (χ1v) is 15.3. The topological polar surface area (TPSA) is 64.1 Å². The highest BCUT2D eigenvalue weighted by Gasteiger charge is 2.39. The predicted molar refractivity (Wildman–Crippen MR) is 139 cm³/mol. The van der Waals surface area contributed by atoms with Crippen molar-refractivity contribution in [2.75, 3.05) is 5.32 Å². The SMILES string of the molecule is CC(C)(C)[Si](C)(C)OC1CCC(Cc2cc(NC(=O)Cc3c(Cl)cccc3Cl)ncn2)CC1. The summed E-state index contributed by atoms with van der Waals surface area (Å²) in [7, 11) is -1.72. The van der Waals surface area contributed by atoms with Crippen LogP contribution in [0.25, 0.3) is 0 Å². The Hall–Kier alpha value is -1.47. The highest BCUT2D eigenvalue weighted by molar-refractivity contribution is 6.74. The maximum Gasteiger partial charge on any atom is 0.230 e. The molecule has 5 nitrogen and oxygen atoms in total. The van der Waals surface area contributed by atoms with Gasteiger partial charge in [0.2, 0.25) is 5.91 Å². The summed E-state index contributed by atoms with van der Waals surface area (Å²) in [5.74, 6) is 0.866. The smallest absolute Gasteiger partial charge is 0.230 e. The third-order valence-electron chi connectivity index (χ3n) is 6.95. The fourth-order valence-corrected chi connectivity index (χ4v) is 5.92. The molecular weight excluding hydrogens is 473 g/mol. The number of amides is 1. The Morgan fingerprint density at radius 3 is 2.36 bits per heavy atom. The lowest BCUT2D eigenvalue weighted by Crippen LogP contribution is -2.44. The molecule has 0 unspecified atom stereocenters. The summed E-state index contributed by atoms with van der Waals surface area (Å²) in [5, 5.41) is 4.05. The van der Waals surface area contributed by atoms with Crippen LogP contribution in [0.3, 0.4) is 0 Å². The Balaban J connectivity index is 1.52. The summed E-state index contributed by atoms with van der Waals surface area (Å²) in [4.78, 5) is 21.2. The van der Waals surface area contributed by atoms with Gasteiger partial charge in [-0.2, -0.15) is 0 Å². The number of benzene rings is 1. The molecule has 1 amide bonds. The molecule has 1 heterocycles. The van der Waals surface area contributed by atoms with Gasteiger partial charge >= 0.3 is 0 Å². The first kappa shape index (κ1) is 26.1. The van der Waals surface area contributed by atoms with Gasteiger partial charge in [-0.25, -0.2) is 9.97 Å². The number of carbonyl (C=O) groups is 1. The van der Waals surface area contributed by atoms with Crippen molar-refractivity contribution < 1.29 is 9.22 Å². The van der Waals surface area contributed by atoms with Gasteiger partial charge in [0.25, 0.3) is 0 Å². The third-order valence-corrected chi connectivity index (χ3v) is 12.2. The standard InChI is InChI=1S/C25H35Cl2N3O2Si/c1-25(2,3)33(4,5)32-19-11-9-17(10-12-19)13-18-14-23(29-16-28-18)30-24(31)15-20-21(26)7-6-8-22(20)27/h6-8,14,16-17,19H,9-13,15H2,1-5H3,(H,28,29,30,31). The molecule has 1 fully saturated rings. The molecule has 1 saturated carbocycles. The maximum absolute atomic E-state index is 12.5. The van der Waals surface area contributed by atoms with Gasteiger partial charge in [-0.3, -0.25) is 4.79 Å². The normalized spacial score (nSPS) is 19.4. The molecule has 0 radical (unpaired) electrons. The van der Waals surface area contributed by atoms with Crippen LogP contribution in [0.4, 0.5) is 5.82 Å². The lowest BCUT2D eigenvalue weighted by molar-refractivity contribution is -0.115. The molecule has 0 bridgehead atoms. The Morgan fingerprint density at radius 2 is 1.76 bits per heavy atom. The largest absolute Gasteiger partial charge is 0.414 e. The van der Waals surface area contributed by atoms with Crippen molar-refractivity contribution in [3.05, 3.63) is 51.9 Å². The average Bonchev–Trinajstić information content (AvgIpc) is 2.71. The highest BCUT2D eigenvalue weighted by atomic mass is 35.5. The Labute approximate surface area is 208 Å². The number of carbonyl (C=O) groups excluding carboxylic acids is 1. The fourth-order valence-electron chi connectivity index (χ4n) is 3.97. The highest BCUT2D eigenvalue weighted by Crippen LogP contribution is 2.40. The van der Waals surface area contributed by atoms with Crippen LogP contribution in [0.2, 0.25) is 28.2 Å². The Kier molecular flexibility index (Phi) is 8.59. The molecule has 1 N–H and O–H groups in total. The molecule has 1 aromatic carbocycles. The lowest BCUT2D eigenvalue weighted by atomic mass is 9.84. The minimum Gasteiger partial charge on any atom is -0.414 e. The number of nitrogens with zero attached hydrogens (tertiary/aromatic N) is 2. The van der Waals surface area contributed by atoms with Crippen LogP contribution in [-0.4, -0.2) is 30.3 Å². The number of halogens is 2. The zero-order valence-corrected chi connectivity index (χ0v) is 22.8. The van der Waals surface area contributed by atoms with Crippen molar-refractivity contribution >= 4 is 43.2 Å². The van der Waals surface area contributed by atoms with Crippen molar-refractivity contribution in [3.8, 4) is 0 Å². The van der Waals surface area contributed by atoms with Crippen LogP contribution in [0.5, 0.6) is 0 Å². The van der Waals surface area contributed by atoms with Gasteiger partial charge in [0.15, 0.2) is 8.32 Å². The summed E-state index contributed by atoms with van der Waals surface area (Å²) in [6.45, 7) is 11.5. The van der Waals surface area contributed by atoms with E-state index in [0.717, 1.165) is 37.8 Å². The van der Waals surface area contributed by atoms with Crippen LogP contribution in [0, 0.1) is 5.92 Å². The van der Waals surface area contributed by atoms with Gasteiger partial charge < -0.3 is 9.74 Å². The Bertz CT molecular complexity index is 950. The van der Waals surface area contributed by atoms with Gasteiger partial charge in [0, 0.05) is 27.9 Å². The second-order valence-corrected chi connectivity index (χ2v) is 16.1. The lowest BCUT2D eigenvalue weighted by Gasteiger charge is -2.41. The maximum atomic E-state index is 12.5. The van der Waals surface area contributed by atoms with E-state index in [1.165, 1.54) is 6.33 Å². The summed E-state index contributed by atoms with van der Waals surface area (Å²) >= 11 is 12.4. The molecular formula is C25H35Cl2N3O2Si. The summed E-state index contributed by atoms with van der Waals surface area (Å²) in [6, 6.07) is 7.08. The Morgan fingerprint density at radius 1 is 1.12 bits per heavy atom. The molecule has 0 spiro atoms. The first-order chi connectivity index (χ1) is 15.4. The molecule has 0 saturated heterocycles. The van der Waals surface area contributed by atoms with Crippen LogP contribution >= 0.6 is 23.2 Å². The van der Waals surface area contributed by atoms with Crippen LogP contribution < -0.4 is 5.32 Å². The second kappa shape index (κ2) is 10.9. The van der Waals surface area contributed by atoms with Gasteiger partial charge in [0.1, 0.15) is 12.1 Å². The van der Waals surface area contributed by atoms with E-state index < -0.39 is 8.32 Å². The molecule has 0 atom stereocenters. The van der Waals surface area contributed by atoms with Gasteiger partial charge in [-0.15, -0.1) is 0 Å². The van der Waals surface area contributed by atoms with E-state index >= 15 is 0 Å². The average molecular weight is 509 g/mol. The number of hydrogen-bond acceptors (Lipinski definition) is 4. The van der Waals surface area contributed by atoms with Crippen molar-refractivity contribution in [2.24, 2.45) is 5.92 Å². The van der Waals surface area contributed by atoms with E-state index in [1.807, 2.05) is 6.07 Å². The molecule has 180 valence electrons. The summed E-state index contributed by atoms with van der Waals surface area (Å²) in [5.41, 5.74) is 1.56. The molecule has 1 aliphatic carbocycles. The number of aromatic nitrogens is 2. The fraction of sp³-hybridized carbons (Fsp3) is 0.560. The van der Waals surface area contributed by atoms with Crippen LogP contribution in [0.1, 0.15) is 57.7 Å². The molecule has 1 aliphatic rings. The summed E-state index contributed by atoms with van der Waals surface area (Å²) < 4.78 is 6.62. The van der Waals surface area contributed by atoms with Crippen LogP contribution in [-0.2, 0) is 22.1 Å². The third kappa shape index (κ3) is 7.25. The van der Waals surface area contributed by atoms with Gasteiger partial charge in [-0.05, 0) is 73.9 Å². The minimum atomic E-state index is -1.72. The minimum absolute atomic E-state index is 0.0933. The molecule has 2 aromatic rings. The van der Waals surface area contributed by atoms with E-state index in [1.54, 1.807) is 18.2 Å². The van der Waals surface area contributed by atoms with Gasteiger partial charge in [-0.1, -0.05) is 50.0 Å². The van der Waals surface area contributed by atoms with Crippen molar-refractivity contribution in [1.29, 1.82) is 0 Å². The zero-order chi connectivity index (χ0) is 24.2. The van der Waals surface area contributed by atoms with Crippen molar-refractivity contribution in [3.63, 3.8) is 0 Å². The monoisotopic (exact) mass is 507 g/mol. The molecule has 33 heavy (non-hydrogen) atoms. The predicted octanol–water partition coefficient (Wildman–Crippen LogP) is 7.09. The zero-order valence-electron chi connectivity index (χ0n) is 20.3. The van der Waals surface area contributed by atoms with E-state index in [4.69, 9.17) is 27.6 Å². The number of nitrogens with one attached hydrogen (secondary N) is 1. The van der Waals surface area contributed by atoms with E-state index in [0.29, 0.717) is 33.4 Å². The first-order valence-electron chi connectivity index (χ1n) is 11.7. The van der Waals surface area contributed by atoms with Crippen LogP contribution in [0.15, 0.2) is 30.6 Å². The van der Waals surface area contributed by atoms with E-state index in [-0.39, 0.29) is 17.4 Å². The van der Waals surface area contributed by atoms with E-state index in [9.17, 15) is 4.79 Å². The van der Waals surface area contributed by atoms with Crippen molar-refractivity contribution in [2.45, 2.75) is 83.5 Å². The van der Waals surface area contributed by atoms with E-state index in [2.05, 4.69) is 49.1 Å². The van der Waals surface area contributed by atoms with Gasteiger partial charge in [0.05, 0.1) is 6.42 Å². The number of anilines is 1. The second-order valence-electron chi connectivity index (χ2n) is 10.5. The quantitative estimate of drug-likeness (QED) is 0.406. The van der Waals surface area contributed by atoms with Crippen molar-refractivity contribution in [1.82, 2.24) is 9.97 Å². The molecule has 0 aliphatic heterocycles. The molecule has 8 heteroatoms. The molecule has 1 aromatic heterocycles. The number of hydrogen-bond donors (Lipinski definition) is 1.